The molecular weight excluding hydrogens is 474 g/mol. The van der Waals surface area contributed by atoms with Gasteiger partial charge in [0, 0.05) is 30.5 Å². The van der Waals surface area contributed by atoms with Gasteiger partial charge in [0.05, 0.1) is 0 Å². The number of para-hydroxylation sites is 1. The normalized spacial score (nSPS) is 11.4. The lowest BCUT2D eigenvalue weighted by Crippen LogP contribution is -2.45. The van der Waals surface area contributed by atoms with E-state index in [-0.39, 0.29) is 25.0 Å². The third-order valence-electron chi connectivity index (χ3n) is 5.56. The van der Waals surface area contributed by atoms with E-state index < -0.39 is 6.04 Å². The SMILES string of the molecule is O=C(NCc1cccnc1)[C@H](c1ccccc1)N(Cc1ccc(Cl)cc1)C(=O)COc1ccccc1. The molecule has 6 nitrogen and oxygen atoms in total. The first kappa shape index (κ1) is 24.9. The molecule has 1 atom stereocenters. The quantitative estimate of drug-likeness (QED) is 0.325. The number of pyridine rings is 1. The van der Waals surface area contributed by atoms with Gasteiger partial charge in [0.2, 0.25) is 5.91 Å². The average Bonchev–Trinajstić information content (AvgIpc) is 2.93. The zero-order valence-corrected chi connectivity index (χ0v) is 20.3. The van der Waals surface area contributed by atoms with Crippen LogP contribution in [-0.4, -0.2) is 28.3 Å². The number of hydrogen-bond acceptors (Lipinski definition) is 4. The number of carbonyl (C=O) groups excluding carboxylic acids is 2. The van der Waals surface area contributed by atoms with Crippen LogP contribution < -0.4 is 10.1 Å². The van der Waals surface area contributed by atoms with E-state index in [2.05, 4.69) is 10.3 Å². The molecule has 7 heteroatoms. The third-order valence-corrected chi connectivity index (χ3v) is 5.81. The molecule has 0 bridgehead atoms. The van der Waals surface area contributed by atoms with Crippen molar-refractivity contribution in [1.29, 1.82) is 0 Å². The molecule has 1 N–H and O–H groups in total. The van der Waals surface area contributed by atoms with Gasteiger partial charge in [-0.2, -0.15) is 0 Å². The number of benzene rings is 3. The van der Waals surface area contributed by atoms with E-state index in [9.17, 15) is 9.59 Å². The Morgan fingerprint density at radius 2 is 1.56 bits per heavy atom. The summed E-state index contributed by atoms with van der Waals surface area (Å²) >= 11 is 6.07. The summed E-state index contributed by atoms with van der Waals surface area (Å²) in [5.41, 5.74) is 2.40. The zero-order valence-electron chi connectivity index (χ0n) is 19.6. The highest BCUT2D eigenvalue weighted by Gasteiger charge is 2.31. The van der Waals surface area contributed by atoms with Crippen LogP contribution >= 0.6 is 11.6 Å². The van der Waals surface area contributed by atoms with Crippen molar-refractivity contribution in [1.82, 2.24) is 15.2 Å². The van der Waals surface area contributed by atoms with E-state index in [4.69, 9.17) is 16.3 Å². The minimum Gasteiger partial charge on any atom is -0.484 e. The number of nitrogens with zero attached hydrogens (tertiary/aromatic N) is 2. The Labute approximate surface area is 215 Å². The van der Waals surface area contributed by atoms with E-state index in [0.717, 1.165) is 11.1 Å². The molecule has 0 saturated heterocycles. The Bertz CT molecular complexity index is 1250. The van der Waals surface area contributed by atoms with E-state index in [1.54, 1.807) is 41.6 Å². The molecule has 0 saturated carbocycles. The number of aromatic nitrogens is 1. The van der Waals surface area contributed by atoms with Gasteiger partial charge >= 0.3 is 0 Å². The van der Waals surface area contributed by atoms with Crippen LogP contribution in [0, 0.1) is 0 Å². The number of carbonyl (C=O) groups is 2. The van der Waals surface area contributed by atoms with Gasteiger partial charge < -0.3 is 15.0 Å². The average molecular weight is 500 g/mol. The summed E-state index contributed by atoms with van der Waals surface area (Å²) in [6.07, 6.45) is 3.37. The van der Waals surface area contributed by atoms with Crippen LogP contribution in [0.3, 0.4) is 0 Å². The van der Waals surface area contributed by atoms with Crippen LogP contribution in [0.5, 0.6) is 5.75 Å². The maximum atomic E-state index is 13.6. The first-order valence-corrected chi connectivity index (χ1v) is 11.9. The van der Waals surface area contributed by atoms with Crippen molar-refractivity contribution in [3.8, 4) is 5.75 Å². The van der Waals surface area contributed by atoms with Gasteiger partial charge in [-0.25, -0.2) is 0 Å². The first-order chi connectivity index (χ1) is 17.6. The van der Waals surface area contributed by atoms with Gasteiger partial charge in [-0.05, 0) is 47.0 Å². The summed E-state index contributed by atoms with van der Waals surface area (Å²) in [6, 6.07) is 28.4. The van der Waals surface area contributed by atoms with Crippen LogP contribution in [0.15, 0.2) is 109 Å². The van der Waals surface area contributed by atoms with Crippen LogP contribution in [0.4, 0.5) is 0 Å². The van der Waals surface area contributed by atoms with Gasteiger partial charge in [-0.3, -0.25) is 14.6 Å². The second kappa shape index (κ2) is 12.5. The van der Waals surface area contributed by atoms with Crippen molar-refractivity contribution >= 4 is 23.4 Å². The van der Waals surface area contributed by atoms with Crippen molar-refractivity contribution in [3.63, 3.8) is 0 Å². The fourth-order valence-electron chi connectivity index (χ4n) is 3.75. The van der Waals surface area contributed by atoms with Crippen molar-refractivity contribution in [3.05, 3.63) is 131 Å². The highest BCUT2D eigenvalue weighted by atomic mass is 35.5. The minimum atomic E-state index is -0.870. The van der Waals surface area contributed by atoms with Gasteiger partial charge in [0.1, 0.15) is 11.8 Å². The highest BCUT2D eigenvalue weighted by molar-refractivity contribution is 6.30. The smallest absolute Gasteiger partial charge is 0.261 e. The number of nitrogens with one attached hydrogen (secondary N) is 1. The largest absolute Gasteiger partial charge is 0.484 e. The summed E-state index contributed by atoms with van der Waals surface area (Å²) < 4.78 is 5.75. The molecular formula is C29H26ClN3O3. The molecule has 4 aromatic rings. The highest BCUT2D eigenvalue weighted by Crippen LogP contribution is 2.25. The molecule has 1 heterocycles. The summed E-state index contributed by atoms with van der Waals surface area (Å²) in [5.74, 6) is -0.0409. The van der Waals surface area contributed by atoms with E-state index in [1.165, 1.54) is 0 Å². The van der Waals surface area contributed by atoms with Crippen molar-refractivity contribution < 1.29 is 14.3 Å². The molecule has 0 unspecified atom stereocenters. The van der Waals surface area contributed by atoms with E-state index >= 15 is 0 Å². The molecule has 0 spiro atoms. The fraction of sp³-hybridized carbons (Fsp3) is 0.138. The monoisotopic (exact) mass is 499 g/mol. The first-order valence-electron chi connectivity index (χ1n) is 11.5. The summed E-state index contributed by atoms with van der Waals surface area (Å²) in [7, 11) is 0. The second-order valence-electron chi connectivity index (χ2n) is 8.14. The van der Waals surface area contributed by atoms with Crippen molar-refractivity contribution in [2.75, 3.05) is 6.61 Å². The molecule has 2 amide bonds. The number of amides is 2. The Morgan fingerprint density at radius 1 is 0.861 bits per heavy atom. The predicted octanol–water partition coefficient (Wildman–Crippen LogP) is 5.20. The lowest BCUT2D eigenvalue weighted by atomic mass is 10.0. The standard InChI is InChI=1S/C29H26ClN3O3/c30-25-15-13-22(14-16-25)20-33(27(34)21-36-26-11-5-2-6-12-26)28(24-9-3-1-4-10-24)29(35)32-19-23-8-7-17-31-18-23/h1-18,28H,19-21H2,(H,32,35)/t28-/m0/s1. The molecule has 182 valence electrons. The minimum absolute atomic E-state index is 0.202. The van der Waals surface area contributed by atoms with Gasteiger partial charge in [-0.15, -0.1) is 0 Å². The zero-order chi connectivity index (χ0) is 25.2. The maximum Gasteiger partial charge on any atom is 0.261 e. The second-order valence-corrected chi connectivity index (χ2v) is 8.58. The fourth-order valence-corrected chi connectivity index (χ4v) is 3.88. The Kier molecular flexibility index (Phi) is 8.67. The number of halogens is 1. The topological polar surface area (TPSA) is 71.5 Å². The van der Waals surface area contributed by atoms with Crippen LogP contribution in [0.2, 0.25) is 5.02 Å². The molecule has 0 aliphatic heterocycles. The lowest BCUT2D eigenvalue weighted by molar-refractivity contribution is -0.143. The molecule has 3 aromatic carbocycles. The molecule has 4 rings (SSSR count). The Morgan fingerprint density at radius 3 is 2.22 bits per heavy atom. The number of ether oxygens (including phenoxy) is 1. The van der Waals surface area contributed by atoms with Crippen molar-refractivity contribution in [2.45, 2.75) is 19.1 Å². The Hall–Kier alpha value is -4.16. The lowest BCUT2D eigenvalue weighted by Gasteiger charge is -2.31. The number of rotatable bonds is 10. The predicted molar refractivity (Wildman–Crippen MR) is 139 cm³/mol. The van der Waals surface area contributed by atoms with Gasteiger partial charge in [-0.1, -0.05) is 78.3 Å². The van der Waals surface area contributed by atoms with Crippen LogP contribution in [0.25, 0.3) is 0 Å². The molecule has 1 aromatic heterocycles. The summed E-state index contributed by atoms with van der Waals surface area (Å²) in [6.45, 7) is 0.282. The molecule has 36 heavy (non-hydrogen) atoms. The summed E-state index contributed by atoms with van der Waals surface area (Å²) in [4.78, 5) is 32.8. The Balaban J connectivity index is 1.62. The van der Waals surface area contributed by atoms with Crippen molar-refractivity contribution in [2.24, 2.45) is 0 Å². The molecule has 0 aliphatic carbocycles. The van der Waals surface area contributed by atoms with Gasteiger partial charge in [0.25, 0.3) is 5.91 Å². The molecule has 0 fully saturated rings. The van der Waals surface area contributed by atoms with Gasteiger partial charge in [0.15, 0.2) is 6.61 Å². The van der Waals surface area contributed by atoms with Crippen LogP contribution in [0.1, 0.15) is 22.7 Å². The summed E-state index contributed by atoms with van der Waals surface area (Å²) in [5, 5.41) is 3.56. The van der Waals surface area contributed by atoms with E-state index in [1.807, 2.05) is 72.8 Å². The van der Waals surface area contributed by atoms with E-state index in [0.29, 0.717) is 22.9 Å². The maximum absolute atomic E-state index is 13.6. The third kappa shape index (κ3) is 6.93. The molecule has 0 radical (unpaired) electrons. The van der Waals surface area contributed by atoms with Crippen LogP contribution in [-0.2, 0) is 22.7 Å². The molecule has 0 aliphatic rings. The number of hydrogen-bond donors (Lipinski definition) is 1.